The summed E-state index contributed by atoms with van der Waals surface area (Å²) in [4.78, 5) is 24.3. The van der Waals surface area contributed by atoms with Crippen molar-refractivity contribution in [2.24, 2.45) is 0 Å². The summed E-state index contributed by atoms with van der Waals surface area (Å²) in [7, 11) is 0. The predicted octanol–water partition coefficient (Wildman–Crippen LogP) is 6.91. The Kier molecular flexibility index (Phi) is 19.5. The van der Waals surface area contributed by atoms with Crippen LogP contribution in [0.4, 0.5) is 0 Å². The van der Waals surface area contributed by atoms with Gasteiger partial charge in [-0.1, -0.05) is 91.4 Å². The zero-order chi connectivity index (χ0) is 20.9. The van der Waals surface area contributed by atoms with Gasteiger partial charge in [-0.3, -0.25) is 0 Å². The molecular weight excluding hydrogens is 352 g/mol. The van der Waals surface area contributed by atoms with E-state index in [1.165, 1.54) is 57.4 Å². The SMILES string of the molecule is CCCCCCCCOC(=O)/C=C(/CCCC)C(=O)OCCCCCCCC. The molecule has 0 bridgehead atoms. The third kappa shape index (κ3) is 16.8. The van der Waals surface area contributed by atoms with Crippen LogP contribution in [0.1, 0.15) is 117 Å². The normalized spacial score (nSPS) is 11.5. The molecule has 0 aromatic heterocycles. The number of carbonyl (C=O) groups is 2. The highest BCUT2D eigenvalue weighted by atomic mass is 16.5. The van der Waals surface area contributed by atoms with Crippen molar-refractivity contribution < 1.29 is 19.1 Å². The van der Waals surface area contributed by atoms with E-state index in [0.717, 1.165) is 38.5 Å². The molecule has 0 spiro atoms. The minimum Gasteiger partial charge on any atom is -0.463 e. The van der Waals surface area contributed by atoms with E-state index in [2.05, 4.69) is 20.8 Å². The number of carbonyl (C=O) groups excluding carboxylic acids is 2. The zero-order valence-electron chi connectivity index (χ0n) is 18.7. The lowest BCUT2D eigenvalue weighted by atomic mass is 10.1. The van der Waals surface area contributed by atoms with Gasteiger partial charge in [0.1, 0.15) is 0 Å². The minimum absolute atomic E-state index is 0.362. The van der Waals surface area contributed by atoms with E-state index in [1.807, 2.05) is 0 Å². The first-order valence-electron chi connectivity index (χ1n) is 11.7. The van der Waals surface area contributed by atoms with Crippen molar-refractivity contribution in [1.29, 1.82) is 0 Å². The molecule has 0 saturated carbocycles. The molecule has 0 aromatic carbocycles. The fraction of sp³-hybridized carbons (Fsp3) is 0.833. The Morgan fingerprint density at radius 3 is 1.61 bits per heavy atom. The van der Waals surface area contributed by atoms with Gasteiger partial charge in [-0.05, 0) is 25.7 Å². The zero-order valence-corrected chi connectivity index (χ0v) is 18.7. The first-order valence-corrected chi connectivity index (χ1v) is 11.7. The molecule has 0 unspecified atom stereocenters. The van der Waals surface area contributed by atoms with Crippen LogP contribution in [-0.4, -0.2) is 25.2 Å². The third-order valence-electron chi connectivity index (χ3n) is 4.83. The summed E-state index contributed by atoms with van der Waals surface area (Å²) in [6.45, 7) is 7.32. The molecule has 0 aliphatic heterocycles. The van der Waals surface area contributed by atoms with Crippen LogP contribution in [0.5, 0.6) is 0 Å². The van der Waals surface area contributed by atoms with Crippen LogP contribution in [-0.2, 0) is 19.1 Å². The van der Waals surface area contributed by atoms with Crippen molar-refractivity contribution in [3.8, 4) is 0 Å². The van der Waals surface area contributed by atoms with E-state index >= 15 is 0 Å². The van der Waals surface area contributed by atoms with Crippen LogP contribution in [0, 0.1) is 0 Å². The molecule has 28 heavy (non-hydrogen) atoms. The number of ether oxygens (including phenoxy) is 2. The van der Waals surface area contributed by atoms with Gasteiger partial charge < -0.3 is 9.47 Å². The Morgan fingerprint density at radius 1 is 0.607 bits per heavy atom. The summed E-state index contributed by atoms with van der Waals surface area (Å²) in [6, 6.07) is 0. The summed E-state index contributed by atoms with van der Waals surface area (Å²) in [5, 5.41) is 0. The van der Waals surface area contributed by atoms with Crippen LogP contribution < -0.4 is 0 Å². The van der Waals surface area contributed by atoms with E-state index in [1.54, 1.807) is 0 Å². The second-order valence-electron chi connectivity index (χ2n) is 7.61. The van der Waals surface area contributed by atoms with E-state index in [4.69, 9.17) is 9.47 Å². The minimum atomic E-state index is -0.420. The van der Waals surface area contributed by atoms with Crippen molar-refractivity contribution in [2.75, 3.05) is 13.2 Å². The van der Waals surface area contributed by atoms with Crippen molar-refractivity contribution in [2.45, 2.75) is 117 Å². The second kappa shape index (κ2) is 20.4. The molecule has 0 heterocycles. The number of esters is 2. The van der Waals surface area contributed by atoms with Gasteiger partial charge in [-0.15, -0.1) is 0 Å². The Labute approximate surface area is 173 Å². The molecule has 0 aliphatic rings. The molecule has 164 valence electrons. The van der Waals surface area contributed by atoms with E-state index in [9.17, 15) is 9.59 Å². The van der Waals surface area contributed by atoms with E-state index < -0.39 is 5.97 Å². The smallest absolute Gasteiger partial charge is 0.334 e. The Balaban J connectivity index is 4.15. The lowest BCUT2D eigenvalue weighted by Gasteiger charge is -2.09. The van der Waals surface area contributed by atoms with Crippen molar-refractivity contribution in [1.82, 2.24) is 0 Å². The maximum absolute atomic E-state index is 12.3. The molecule has 0 aromatic rings. The molecule has 0 amide bonds. The summed E-state index contributed by atoms with van der Waals surface area (Å²) in [5.74, 6) is -0.783. The molecule has 0 radical (unpaired) electrons. The fourth-order valence-corrected chi connectivity index (χ4v) is 2.98. The van der Waals surface area contributed by atoms with E-state index in [-0.39, 0.29) is 5.97 Å². The molecular formula is C24H44O4. The third-order valence-corrected chi connectivity index (χ3v) is 4.83. The molecule has 0 aliphatic carbocycles. The van der Waals surface area contributed by atoms with Crippen LogP contribution in [0.3, 0.4) is 0 Å². The first kappa shape index (κ1) is 26.7. The standard InChI is InChI=1S/C24H44O4/c1-4-7-10-12-14-16-19-27-23(25)21-22(18-9-6-3)24(26)28-20-17-15-13-11-8-5-2/h21H,4-20H2,1-3H3/b22-21-. The topological polar surface area (TPSA) is 52.6 Å². The van der Waals surface area contributed by atoms with Crippen LogP contribution in [0.25, 0.3) is 0 Å². The van der Waals surface area contributed by atoms with Crippen molar-refractivity contribution in [3.63, 3.8) is 0 Å². The maximum Gasteiger partial charge on any atom is 0.334 e. The van der Waals surface area contributed by atoms with Gasteiger partial charge in [0.25, 0.3) is 0 Å². The maximum atomic E-state index is 12.3. The lowest BCUT2D eigenvalue weighted by Crippen LogP contribution is -2.12. The van der Waals surface area contributed by atoms with Gasteiger partial charge in [-0.2, -0.15) is 0 Å². The van der Waals surface area contributed by atoms with Crippen LogP contribution in [0.15, 0.2) is 11.6 Å². The molecule has 4 nitrogen and oxygen atoms in total. The van der Waals surface area contributed by atoms with Gasteiger partial charge in [0.2, 0.25) is 0 Å². The number of hydrogen-bond donors (Lipinski definition) is 0. The van der Waals surface area contributed by atoms with Gasteiger partial charge in [0, 0.05) is 11.6 Å². The molecule has 0 fully saturated rings. The monoisotopic (exact) mass is 396 g/mol. The average molecular weight is 397 g/mol. The molecule has 0 rings (SSSR count). The summed E-state index contributed by atoms with van der Waals surface area (Å²) in [6.07, 6.45) is 17.6. The van der Waals surface area contributed by atoms with Crippen LogP contribution >= 0.6 is 0 Å². The first-order chi connectivity index (χ1) is 13.7. The van der Waals surface area contributed by atoms with Crippen molar-refractivity contribution >= 4 is 11.9 Å². The van der Waals surface area contributed by atoms with Gasteiger partial charge in [0.05, 0.1) is 13.2 Å². The Bertz CT molecular complexity index is 415. The van der Waals surface area contributed by atoms with Crippen LogP contribution in [0.2, 0.25) is 0 Å². The molecule has 0 N–H and O–H groups in total. The average Bonchev–Trinajstić information content (AvgIpc) is 2.69. The summed E-state index contributed by atoms with van der Waals surface area (Å²) < 4.78 is 10.6. The molecule has 4 heteroatoms. The molecule has 0 saturated heterocycles. The fourth-order valence-electron chi connectivity index (χ4n) is 2.98. The van der Waals surface area contributed by atoms with Crippen molar-refractivity contribution in [3.05, 3.63) is 11.6 Å². The lowest BCUT2D eigenvalue weighted by molar-refractivity contribution is -0.141. The summed E-state index contributed by atoms with van der Waals surface area (Å²) in [5.41, 5.74) is 0.445. The largest absolute Gasteiger partial charge is 0.463 e. The number of unbranched alkanes of at least 4 members (excludes halogenated alkanes) is 11. The van der Waals surface area contributed by atoms with Gasteiger partial charge in [0.15, 0.2) is 0 Å². The molecule has 0 atom stereocenters. The quantitative estimate of drug-likeness (QED) is 0.135. The Hall–Kier alpha value is -1.32. The predicted molar refractivity (Wildman–Crippen MR) is 116 cm³/mol. The number of hydrogen-bond acceptors (Lipinski definition) is 4. The number of rotatable bonds is 19. The second-order valence-corrected chi connectivity index (χ2v) is 7.61. The highest BCUT2D eigenvalue weighted by molar-refractivity contribution is 5.96. The van der Waals surface area contributed by atoms with E-state index in [0.29, 0.717) is 25.2 Å². The highest BCUT2D eigenvalue weighted by Gasteiger charge is 2.13. The van der Waals surface area contributed by atoms with Gasteiger partial charge >= 0.3 is 11.9 Å². The highest BCUT2D eigenvalue weighted by Crippen LogP contribution is 2.12. The van der Waals surface area contributed by atoms with Gasteiger partial charge in [-0.25, -0.2) is 9.59 Å². The Morgan fingerprint density at radius 2 is 1.07 bits per heavy atom. The summed E-state index contributed by atoms with van der Waals surface area (Å²) >= 11 is 0.